The standard InChI is InChI=1S/C21H22N4OS2/c1-26-20-4-3-16(11-18(20)14-25-8-2-6-24-25)13-23-19(21-22-7-10-28-21)12-17-5-9-27-15-17/h2-11,15,19,23H,12-14H2,1H3/t19-/m0/s1. The predicted octanol–water partition coefficient (Wildman–Crippen LogP) is 4.53. The topological polar surface area (TPSA) is 52.0 Å². The Morgan fingerprint density at radius 1 is 1.18 bits per heavy atom. The van der Waals surface area contributed by atoms with Crippen molar-refractivity contribution < 1.29 is 4.74 Å². The molecule has 0 fully saturated rings. The Balaban J connectivity index is 1.49. The molecule has 0 unspecified atom stereocenters. The van der Waals surface area contributed by atoms with E-state index in [2.05, 4.69) is 44.4 Å². The number of hydrogen-bond acceptors (Lipinski definition) is 6. The minimum absolute atomic E-state index is 0.200. The van der Waals surface area contributed by atoms with Crippen molar-refractivity contribution in [1.82, 2.24) is 20.1 Å². The van der Waals surface area contributed by atoms with Crippen molar-refractivity contribution in [1.29, 1.82) is 0 Å². The number of nitrogens with zero attached hydrogens (tertiary/aromatic N) is 3. The molecular weight excluding hydrogens is 388 g/mol. The molecular formula is C21H22N4OS2. The zero-order valence-corrected chi connectivity index (χ0v) is 17.2. The molecule has 4 aromatic rings. The van der Waals surface area contributed by atoms with Crippen LogP contribution in [-0.2, 0) is 19.5 Å². The van der Waals surface area contributed by atoms with Gasteiger partial charge in [0.1, 0.15) is 10.8 Å². The van der Waals surface area contributed by atoms with Crippen LogP contribution in [-0.4, -0.2) is 21.9 Å². The van der Waals surface area contributed by atoms with Gasteiger partial charge < -0.3 is 10.1 Å². The largest absolute Gasteiger partial charge is 0.496 e. The van der Waals surface area contributed by atoms with Crippen molar-refractivity contribution in [3.05, 3.63) is 86.8 Å². The highest BCUT2D eigenvalue weighted by Gasteiger charge is 2.15. The summed E-state index contributed by atoms with van der Waals surface area (Å²) in [6, 6.07) is 10.7. The van der Waals surface area contributed by atoms with Gasteiger partial charge in [0.15, 0.2) is 0 Å². The van der Waals surface area contributed by atoms with E-state index in [1.165, 1.54) is 11.1 Å². The van der Waals surface area contributed by atoms with E-state index in [0.29, 0.717) is 6.54 Å². The third kappa shape index (κ3) is 4.67. The van der Waals surface area contributed by atoms with E-state index in [4.69, 9.17) is 4.74 Å². The van der Waals surface area contributed by atoms with Crippen molar-refractivity contribution in [3.63, 3.8) is 0 Å². The molecule has 5 nitrogen and oxygen atoms in total. The van der Waals surface area contributed by atoms with Crippen molar-refractivity contribution in [2.75, 3.05) is 7.11 Å². The maximum Gasteiger partial charge on any atom is 0.123 e. The Kier molecular flexibility index (Phi) is 6.16. The summed E-state index contributed by atoms with van der Waals surface area (Å²) in [4.78, 5) is 4.53. The smallest absolute Gasteiger partial charge is 0.123 e. The van der Waals surface area contributed by atoms with E-state index in [1.807, 2.05) is 34.6 Å². The maximum absolute atomic E-state index is 5.54. The molecule has 7 heteroatoms. The van der Waals surface area contributed by atoms with Gasteiger partial charge in [0.2, 0.25) is 0 Å². The number of ether oxygens (including phenoxy) is 1. The second kappa shape index (κ2) is 9.14. The van der Waals surface area contributed by atoms with Crippen LogP contribution in [0.15, 0.2) is 65.1 Å². The van der Waals surface area contributed by atoms with E-state index in [-0.39, 0.29) is 6.04 Å². The molecule has 0 spiro atoms. The van der Waals surface area contributed by atoms with Crippen LogP contribution in [0, 0.1) is 0 Å². The van der Waals surface area contributed by atoms with Crippen molar-refractivity contribution in [2.24, 2.45) is 0 Å². The van der Waals surface area contributed by atoms with Gasteiger partial charge in [0.25, 0.3) is 0 Å². The number of nitrogens with one attached hydrogen (secondary N) is 1. The summed E-state index contributed by atoms with van der Waals surface area (Å²) >= 11 is 3.43. The van der Waals surface area contributed by atoms with Gasteiger partial charge in [-0.25, -0.2) is 4.98 Å². The molecule has 1 atom stereocenters. The third-order valence-electron chi connectivity index (χ3n) is 4.56. The van der Waals surface area contributed by atoms with Gasteiger partial charge in [-0.05, 0) is 52.6 Å². The summed E-state index contributed by atoms with van der Waals surface area (Å²) in [6.07, 6.45) is 6.57. The Morgan fingerprint density at radius 2 is 2.14 bits per heavy atom. The summed E-state index contributed by atoms with van der Waals surface area (Å²) < 4.78 is 7.44. The summed E-state index contributed by atoms with van der Waals surface area (Å²) in [5.41, 5.74) is 3.68. The Bertz CT molecular complexity index is 966. The van der Waals surface area contributed by atoms with Crippen LogP contribution in [0.4, 0.5) is 0 Å². The second-order valence-electron chi connectivity index (χ2n) is 6.49. The zero-order valence-electron chi connectivity index (χ0n) is 15.6. The molecule has 28 heavy (non-hydrogen) atoms. The minimum Gasteiger partial charge on any atom is -0.496 e. The first-order chi connectivity index (χ1) is 13.8. The quantitative estimate of drug-likeness (QED) is 0.440. The van der Waals surface area contributed by atoms with Gasteiger partial charge in [0.05, 0.1) is 19.7 Å². The van der Waals surface area contributed by atoms with Gasteiger partial charge in [-0.2, -0.15) is 16.4 Å². The molecule has 3 heterocycles. The third-order valence-corrected chi connectivity index (χ3v) is 6.18. The molecule has 144 valence electrons. The predicted molar refractivity (Wildman–Crippen MR) is 114 cm³/mol. The normalized spacial score (nSPS) is 12.2. The fourth-order valence-corrected chi connectivity index (χ4v) is 4.57. The molecule has 3 aromatic heterocycles. The number of thiophene rings is 1. The van der Waals surface area contributed by atoms with Gasteiger partial charge in [-0.15, -0.1) is 11.3 Å². The second-order valence-corrected chi connectivity index (χ2v) is 8.20. The van der Waals surface area contributed by atoms with E-state index in [0.717, 1.165) is 29.3 Å². The van der Waals surface area contributed by atoms with Crippen LogP contribution in [0.25, 0.3) is 0 Å². The summed E-state index contributed by atoms with van der Waals surface area (Å²) in [5, 5.41) is 15.5. The zero-order chi connectivity index (χ0) is 19.2. The summed E-state index contributed by atoms with van der Waals surface area (Å²) in [7, 11) is 1.71. The fraction of sp³-hybridized carbons (Fsp3) is 0.238. The maximum atomic E-state index is 5.54. The molecule has 0 saturated carbocycles. The first kappa shape index (κ1) is 18.9. The van der Waals surface area contributed by atoms with Crippen LogP contribution in [0.3, 0.4) is 0 Å². The SMILES string of the molecule is COc1ccc(CN[C@@H](Cc2ccsc2)c2nccs2)cc1Cn1cccn1. The number of rotatable bonds is 9. The number of methoxy groups -OCH3 is 1. The van der Waals surface area contributed by atoms with Crippen molar-refractivity contribution >= 4 is 22.7 Å². The highest BCUT2D eigenvalue weighted by Crippen LogP contribution is 2.24. The average Bonchev–Trinajstić information content (AvgIpc) is 3.49. The number of thiazole rings is 1. The molecule has 0 saturated heterocycles. The number of aromatic nitrogens is 3. The molecule has 0 aliphatic rings. The lowest BCUT2D eigenvalue weighted by atomic mass is 10.1. The molecule has 0 radical (unpaired) electrons. The molecule has 1 N–H and O–H groups in total. The lowest BCUT2D eigenvalue weighted by Crippen LogP contribution is -2.23. The van der Waals surface area contributed by atoms with Gasteiger partial charge >= 0.3 is 0 Å². The van der Waals surface area contributed by atoms with E-state index in [1.54, 1.807) is 36.0 Å². The van der Waals surface area contributed by atoms with Crippen LogP contribution >= 0.6 is 22.7 Å². The first-order valence-electron chi connectivity index (χ1n) is 9.09. The number of benzene rings is 1. The molecule has 4 rings (SSSR count). The van der Waals surface area contributed by atoms with Crippen LogP contribution in [0.2, 0.25) is 0 Å². The van der Waals surface area contributed by atoms with Crippen LogP contribution in [0.1, 0.15) is 27.7 Å². The van der Waals surface area contributed by atoms with E-state index < -0.39 is 0 Å². The summed E-state index contributed by atoms with van der Waals surface area (Å²) in [6.45, 7) is 1.46. The van der Waals surface area contributed by atoms with Gasteiger partial charge in [-0.3, -0.25) is 4.68 Å². The molecule has 1 aromatic carbocycles. The highest BCUT2D eigenvalue weighted by atomic mass is 32.1. The molecule has 0 aliphatic heterocycles. The van der Waals surface area contributed by atoms with Gasteiger partial charge in [-0.1, -0.05) is 6.07 Å². The van der Waals surface area contributed by atoms with E-state index >= 15 is 0 Å². The Labute approximate surface area is 172 Å². The van der Waals surface area contributed by atoms with Crippen molar-refractivity contribution in [2.45, 2.75) is 25.6 Å². The first-order valence-corrected chi connectivity index (χ1v) is 10.9. The monoisotopic (exact) mass is 410 g/mol. The lowest BCUT2D eigenvalue weighted by molar-refractivity contribution is 0.407. The van der Waals surface area contributed by atoms with E-state index in [9.17, 15) is 0 Å². The molecule has 0 aliphatic carbocycles. The molecule has 0 bridgehead atoms. The Hall–Kier alpha value is -2.48. The van der Waals surface area contributed by atoms with Gasteiger partial charge in [0, 0.05) is 36.1 Å². The van der Waals surface area contributed by atoms with Crippen molar-refractivity contribution in [3.8, 4) is 5.75 Å². The highest BCUT2D eigenvalue weighted by molar-refractivity contribution is 7.09. The minimum atomic E-state index is 0.200. The summed E-state index contributed by atoms with van der Waals surface area (Å²) in [5.74, 6) is 0.883. The Morgan fingerprint density at radius 3 is 2.86 bits per heavy atom. The number of hydrogen-bond donors (Lipinski definition) is 1. The van der Waals surface area contributed by atoms with Crippen LogP contribution < -0.4 is 10.1 Å². The fourth-order valence-electron chi connectivity index (χ4n) is 3.17. The lowest BCUT2D eigenvalue weighted by Gasteiger charge is -2.17. The molecule has 0 amide bonds. The average molecular weight is 411 g/mol. The van der Waals surface area contributed by atoms with Crippen LogP contribution in [0.5, 0.6) is 5.75 Å².